The van der Waals surface area contributed by atoms with Crippen LogP contribution in [0.3, 0.4) is 0 Å². The molecule has 0 aliphatic carbocycles. The highest BCUT2D eigenvalue weighted by atomic mass is 35.5. The van der Waals surface area contributed by atoms with Crippen LogP contribution in [0.1, 0.15) is 20.3 Å². The Labute approximate surface area is 125 Å². The van der Waals surface area contributed by atoms with Crippen molar-refractivity contribution in [2.75, 3.05) is 25.4 Å². The highest BCUT2D eigenvalue weighted by molar-refractivity contribution is 7.99. The molecule has 0 N–H and O–H groups in total. The number of thioether (sulfide) groups is 1. The standard InChI is InChI=1S/C15H22ClNOS/c1-12-10-17(11-13(2)18-12)8-3-9-19-15-6-4-14(16)5-7-15/h4-7,12-13H,3,8-11H2,1-2H3/t12-,13-/m0/s1. The fourth-order valence-corrected chi connectivity index (χ4v) is 3.44. The lowest BCUT2D eigenvalue weighted by Crippen LogP contribution is -2.45. The third-order valence-corrected chi connectivity index (χ3v) is 4.55. The van der Waals surface area contributed by atoms with Crippen molar-refractivity contribution in [3.05, 3.63) is 29.3 Å². The molecule has 4 heteroatoms. The monoisotopic (exact) mass is 299 g/mol. The van der Waals surface area contributed by atoms with Crippen molar-refractivity contribution in [2.24, 2.45) is 0 Å². The first kappa shape index (κ1) is 15.2. The topological polar surface area (TPSA) is 12.5 Å². The molecule has 1 aliphatic heterocycles. The number of rotatable bonds is 5. The first-order valence-corrected chi connectivity index (χ1v) is 8.26. The summed E-state index contributed by atoms with van der Waals surface area (Å²) in [4.78, 5) is 3.81. The Morgan fingerprint density at radius 2 is 1.84 bits per heavy atom. The van der Waals surface area contributed by atoms with Gasteiger partial charge in [-0.15, -0.1) is 11.8 Å². The summed E-state index contributed by atoms with van der Waals surface area (Å²) in [7, 11) is 0. The van der Waals surface area contributed by atoms with Gasteiger partial charge in [-0.1, -0.05) is 11.6 Å². The first-order valence-electron chi connectivity index (χ1n) is 6.89. The molecule has 0 aromatic heterocycles. The van der Waals surface area contributed by atoms with Crippen LogP contribution in [0.2, 0.25) is 5.02 Å². The van der Waals surface area contributed by atoms with Gasteiger partial charge in [0.2, 0.25) is 0 Å². The van der Waals surface area contributed by atoms with E-state index < -0.39 is 0 Å². The van der Waals surface area contributed by atoms with Gasteiger partial charge in [0.15, 0.2) is 0 Å². The zero-order valence-electron chi connectivity index (χ0n) is 11.6. The van der Waals surface area contributed by atoms with Crippen LogP contribution in [-0.2, 0) is 4.74 Å². The molecule has 0 saturated carbocycles. The molecule has 0 amide bonds. The second kappa shape index (κ2) is 7.53. The lowest BCUT2D eigenvalue weighted by molar-refractivity contribution is -0.0677. The number of hydrogen-bond acceptors (Lipinski definition) is 3. The van der Waals surface area contributed by atoms with Crippen molar-refractivity contribution >= 4 is 23.4 Å². The molecule has 0 radical (unpaired) electrons. The molecular formula is C15H22ClNOS. The number of halogens is 1. The average molecular weight is 300 g/mol. The minimum absolute atomic E-state index is 0.368. The molecule has 1 saturated heterocycles. The van der Waals surface area contributed by atoms with E-state index in [9.17, 15) is 0 Å². The average Bonchev–Trinajstić information content (AvgIpc) is 2.36. The second-order valence-corrected chi connectivity index (χ2v) is 6.78. The van der Waals surface area contributed by atoms with Gasteiger partial charge in [-0.2, -0.15) is 0 Å². The quantitative estimate of drug-likeness (QED) is 0.604. The van der Waals surface area contributed by atoms with Crippen molar-refractivity contribution in [1.29, 1.82) is 0 Å². The van der Waals surface area contributed by atoms with Gasteiger partial charge in [0.05, 0.1) is 12.2 Å². The first-order chi connectivity index (χ1) is 9.13. The van der Waals surface area contributed by atoms with Gasteiger partial charge in [0, 0.05) is 23.0 Å². The van der Waals surface area contributed by atoms with Crippen LogP contribution in [-0.4, -0.2) is 42.5 Å². The van der Waals surface area contributed by atoms with Crippen molar-refractivity contribution in [3.63, 3.8) is 0 Å². The number of benzene rings is 1. The minimum Gasteiger partial charge on any atom is -0.373 e. The Morgan fingerprint density at radius 3 is 2.47 bits per heavy atom. The van der Waals surface area contributed by atoms with Gasteiger partial charge in [-0.05, 0) is 56.8 Å². The van der Waals surface area contributed by atoms with Crippen molar-refractivity contribution in [3.8, 4) is 0 Å². The van der Waals surface area contributed by atoms with Crippen LogP contribution in [0.15, 0.2) is 29.2 Å². The lowest BCUT2D eigenvalue weighted by atomic mass is 10.2. The summed E-state index contributed by atoms with van der Waals surface area (Å²) in [6, 6.07) is 8.09. The molecule has 1 aliphatic rings. The lowest BCUT2D eigenvalue weighted by Gasteiger charge is -2.35. The van der Waals surface area contributed by atoms with E-state index in [0.29, 0.717) is 12.2 Å². The zero-order valence-corrected chi connectivity index (χ0v) is 13.2. The zero-order chi connectivity index (χ0) is 13.7. The third-order valence-electron chi connectivity index (χ3n) is 3.20. The maximum Gasteiger partial charge on any atom is 0.0678 e. The molecular weight excluding hydrogens is 278 g/mol. The maximum absolute atomic E-state index is 5.87. The third kappa shape index (κ3) is 5.35. The van der Waals surface area contributed by atoms with E-state index in [2.05, 4.69) is 30.9 Å². The van der Waals surface area contributed by atoms with Crippen LogP contribution >= 0.6 is 23.4 Å². The summed E-state index contributed by atoms with van der Waals surface area (Å²) in [5.41, 5.74) is 0. The number of morpholine rings is 1. The van der Waals surface area contributed by atoms with Crippen LogP contribution in [0.5, 0.6) is 0 Å². The second-order valence-electron chi connectivity index (χ2n) is 5.17. The summed E-state index contributed by atoms with van der Waals surface area (Å²) >= 11 is 7.78. The number of ether oxygens (including phenoxy) is 1. The fraction of sp³-hybridized carbons (Fsp3) is 0.600. The fourth-order valence-electron chi connectivity index (χ4n) is 2.48. The van der Waals surface area contributed by atoms with Gasteiger partial charge in [0.25, 0.3) is 0 Å². The summed E-state index contributed by atoms with van der Waals surface area (Å²) in [5, 5.41) is 0.806. The van der Waals surface area contributed by atoms with Gasteiger partial charge in [0.1, 0.15) is 0 Å². The summed E-state index contributed by atoms with van der Waals surface area (Å²) in [5.74, 6) is 1.15. The smallest absolute Gasteiger partial charge is 0.0678 e. The van der Waals surface area contributed by atoms with E-state index in [1.807, 2.05) is 23.9 Å². The van der Waals surface area contributed by atoms with E-state index in [4.69, 9.17) is 16.3 Å². The Morgan fingerprint density at radius 1 is 1.21 bits per heavy atom. The van der Waals surface area contributed by atoms with Crippen molar-refractivity contribution < 1.29 is 4.74 Å². The molecule has 0 spiro atoms. The molecule has 1 aromatic rings. The molecule has 106 valence electrons. The summed E-state index contributed by atoms with van der Waals surface area (Å²) in [6.07, 6.45) is 1.95. The maximum atomic E-state index is 5.87. The molecule has 19 heavy (non-hydrogen) atoms. The molecule has 0 unspecified atom stereocenters. The number of hydrogen-bond donors (Lipinski definition) is 0. The van der Waals surface area contributed by atoms with Crippen molar-refractivity contribution in [1.82, 2.24) is 4.90 Å². The van der Waals surface area contributed by atoms with Gasteiger partial charge >= 0.3 is 0 Å². The van der Waals surface area contributed by atoms with E-state index in [-0.39, 0.29) is 0 Å². The Hall–Kier alpha value is -0.220. The molecule has 2 rings (SSSR count). The van der Waals surface area contributed by atoms with Crippen LogP contribution < -0.4 is 0 Å². The van der Waals surface area contributed by atoms with E-state index in [1.165, 1.54) is 17.9 Å². The highest BCUT2D eigenvalue weighted by Gasteiger charge is 2.21. The Balaban J connectivity index is 1.65. The Bertz CT molecular complexity index is 374. The van der Waals surface area contributed by atoms with Gasteiger partial charge < -0.3 is 4.74 Å². The van der Waals surface area contributed by atoms with Gasteiger partial charge in [-0.3, -0.25) is 4.90 Å². The van der Waals surface area contributed by atoms with Crippen LogP contribution in [0.4, 0.5) is 0 Å². The molecule has 2 nitrogen and oxygen atoms in total. The largest absolute Gasteiger partial charge is 0.373 e. The molecule has 1 fully saturated rings. The molecule has 0 bridgehead atoms. The SMILES string of the molecule is C[C@H]1CN(CCCSc2ccc(Cl)cc2)C[C@H](C)O1. The van der Waals surface area contributed by atoms with Gasteiger partial charge in [-0.25, -0.2) is 0 Å². The van der Waals surface area contributed by atoms with Crippen LogP contribution in [0, 0.1) is 0 Å². The van der Waals surface area contributed by atoms with Crippen molar-refractivity contribution in [2.45, 2.75) is 37.4 Å². The molecule has 2 atom stereocenters. The van der Waals surface area contributed by atoms with E-state index in [1.54, 1.807) is 0 Å². The predicted molar refractivity (Wildman–Crippen MR) is 83.2 cm³/mol. The summed E-state index contributed by atoms with van der Waals surface area (Å²) < 4.78 is 5.74. The summed E-state index contributed by atoms with van der Waals surface area (Å²) in [6.45, 7) is 7.61. The number of nitrogens with zero attached hydrogens (tertiary/aromatic N) is 1. The minimum atomic E-state index is 0.368. The normalized spacial score (nSPS) is 24.6. The van der Waals surface area contributed by atoms with Crippen LogP contribution in [0.25, 0.3) is 0 Å². The van der Waals surface area contributed by atoms with E-state index in [0.717, 1.165) is 23.9 Å². The predicted octanol–water partition coefficient (Wildman–Crippen LogP) is 3.93. The molecule has 1 heterocycles. The highest BCUT2D eigenvalue weighted by Crippen LogP contribution is 2.21. The Kier molecular flexibility index (Phi) is 6.02. The van der Waals surface area contributed by atoms with E-state index >= 15 is 0 Å². The molecule has 1 aromatic carbocycles.